The third kappa shape index (κ3) is 46.6. The zero-order valence-electron chi connectivity index (χ0n) is 41.9. The Balaban J connectivity index is 4.59. The van der Waals surface area contributed by atoms with Crippen molar-refractivity contribution >= 4 is 35.5 Å². The Morgan fingerprint density at radius 3 is 1.05 bits per heavy atom. The SMILES string of the molecule is CCCCCCCCCCCCCCCC(=O)N[C@H](CSC[C@@H](COC(=O)CCCCCCCCCCCCCCC)OC(=O)CCCCCCCCCCCCCCC)C(N)=O. The summed E-state index contributed by atoms with van der Waals surface area (Å²) in [6, 6.07) is -0.815. The van der Waals surface area contributed by atoms with Gasteiger partial charge in [0.1, 0.15) is 18.8 Å². The van der Waals surface area contributed by atoms with Gasteiger partial charge in [0.2, 0.25) is 11.8 Å². The predicted molar refractivity (Wildman–Crippen MR) is 270 cm³/mol. The van der Waals surface area contributed by atoms with Crippen molar-refractivity contribution in [3.8, 4) is 0 Å². The molecule has 0 aromatic rings. The van der Waals surface area contributed by atoms with Gasteiger partial charge >= 0.3 is 11.9 Å². The van der Waals surface area contributed by atoms with Crippen LogP contribution >= 0.6 is 11.8 Å². The maximum absolute atomic E-state index is 12.9. The molecule has 0 bridgehead atoms. The second kappa shape index (κ2) is 49.7. The van der Waals surface area contributed by atoms with Gasteiger partial charge in [-0.15, -0.1) is 0 Å². The molecule has 372 valence electrons. The minimum atomic E-state index is -0.815. The van der Waals surface area contributed by atoms with Crippen molar-refractivity contribution in [2.24, 2.45) is 5.73 Å². The van der Waals surface area contributed by atoms with Gasteiger partial charge in [0.25, 0.3) is 0 Å². The summed E-state index contributed by atoms with van der Waals surface area (Å²) in [7, 11) is 0. The third-order valence-corrected chi connectivity index (χ3v) is 13.6. The number of thioether (sulfide) groups is 1. The van der Waals surface area contributed by atoms with Gasteiger partial charge in [-0.25, -0.2) is 0 Å². The largest absolute Gasteiger partial charge is 0.462 e. The van der Waals surface area contributed by atoms with Crippen molar-refractivity contribution < 1.29 is 28.7 Å². The van der Waals surface area contributed by atoms with E-state index in [2.05, 4.69) is 26.1 Å². The van der Waals surface area contributed by atoms with Gasteiger partial charge in [-0.1, -0.05) is 252 Å². The molecule has 0 aliphatic rings. The van der Waals surface area contributed by atoms with Gasteiger partial charge in [-0.05, 0) is 19.3 Å². The second-order valence-electron chi connectivity index (χ2n) is 18.8. The minimum Gasteiger partial charge on any atom is -0.462 e. The highest BCUT2D eigenvalue weighted by Gasteiger charge is 2.22. The van der Waals surface area contributed by atoms with Gasteiger partial charge in [0.15, 0.2) is 0 Å². The Morgan fingerprint density at radius 2 is 0.714 bits per heavy atom. The van der Waals surface area contributed by atoms with Crippen molar-refractivity contribution in [2.75, 3.05) is 18.1 Å². The molecule has 0 aromatic heterocycles. The highest BCUT2D eigenvalue weighted by atomic mass is 32.2. The van der Waals surface area contributed by atoms with Crippen LogP contribution in [0.4, 0.5) is 0 Å². The topological polar surface area (TPSA) is 125 Å². The lowest BCUT2D eigenvalue weighted by atomic mass is 10.0. The van der Waals surface area contributed by atoms with Crippen LogP contribution in [0.1, 0.15) is 290 Å². The third-order valence-electron chi connectivity index (χ3n) is 12.5. The van der Waals surface area contributed by atoms with E-state index < -0.39 is 18.1 Å². The Labute approximate surface area is 394 Å². The van der Waals surface area contributed by atoms with Crippen LogP contribution in [-0.2, 0) is 28.7 Å². The molecule has 3 N–H and O–H groups in total. The molecule has 0 saturated heterocycles. The van der Waals surface area contributed by atoms with Crippen LogP contribution in [0.25, 0.3) is 0 Å². The zero-order chi connectivity index (χ0) is 46.1. The average molecular weight is 910 g/mol. The zero-order valence-corrected chi connectivity index (χ0v) is 42.7. The number of ether oxygens (including phenoxy) is 2. The molecule has 0 radical (unpaired) electrons. The molecule has 0 aromatic carbocycles. The molecule has 0 saturated carbocycles. The highest BCUT2D eigenvalue weighted by molar-refractivity contribution is 7.99. The number of primary amides is 1. The minimum absolute atomic E-state index is 0.0126. The fourth-order valence-electron chi connectivity index (χ4n) is 8.28. The number of rotatable bonds is 51. The summed E-state index contributed by atoms with van der Waals surface area (Å²) >= 11 is 1.38. The smallest absolute Gasteiger partial charge is 0.306 e. The van der Waals surface area contributed by atoms with E-state index in [0.29, 0.717) is 25.0 Å². The first-order chi connectivity index (χ1) is 30.8. The van der Waals surface area contributed by atoms with Crippen LogP contribution in [0.3, 0.4) is 0 Å². The summed E-state index contributed by atoms with van der Waals surface area (Å²) in [4.78, 5) is 50.6. The Bertz CT molecular complexity index is 1030. The summed E-state index contributed by atoms with van der Waals surface area (Å²) in [5.74, 6) is -0.689. The normalized spacial score (nSPS) is 12.3. The summed E-state index contributed by atoms with van der Waals surface area (Å²) < 4.78 is 11.5. The molecule has 0 unspecified atom stereocenters. The lowest BCUT2D eigenvalue weighted by Gasteiger charge is -2.20. The van der Waals surface area contributed by atoms with Crippen LogP contribution in [0.2, 0.25) is 0 Å². The van der Waals surface area contributed by atoms with E-state index in [9.17, 15) is 19.2 Å². The fraction of sp³-hybridized carbons (Fsp3) is 0.926. The van der Waals surface area contributed by atoms with E-state index in [4.69, 9.17) is 15.2 Å². The molecule has 8 nitrogen and oxygen atoms in total. The quantitative estimate of drug-likeness (QED) is 0.0460. The van der Waals surface area contributed by atoms with Crippen LogP contribution in [0.5, 0.6) is 0 Å². The summed E-state index contributed by atoms with van der Waals surface area (Å²) in [6.07, 6.45) is 48.9. The Kier molecular flexibility index (Phi) is 48.3. The van der Waals surface area contributed by atoms with Crippen LogP contribution in [-0.4, -0.2) is 54.0 Å². The number of esters is 2. The molecular formula is C54H104N2O6S. The number of nitrogens with two attached hydrogens (primary N) is 1. The lowest BCUT2D eigenvalue weighted by molar-refractivity contribution is -0.157. The number of carbonyl (C=O) groups excluding carboxylic acids is 4. The van der Waals surface area contributed by atoms with Crippen LogP contribution < -0.4 is 11.1 Å². The molecule has 0 aliphatic heterocycles. The van der Waals surface area contributed by atoms with Crippen molar-refractivity contribution in [1.29, 1.82) is 0 Å². The Morgan fingerprint density at radius 1 is 0.413 bits per heavy atom. The van der Waals surface area contributed by atoms with Crippen molar-refractivity contribution in [3.05, 3.63) is 0 Å². The van der Waals surface area contributed by atoms with Crippen molar-refractivity contribution in [3.63, 3.8) is 0 Å². The molecule has 0 heterocycles. The van der Waals surface area contributed by atoms with Crippen LogP contribution in [0, 0.1) is 0 Å². The first-order valence-electron chi connectivity index (χ1n) is 27.3. The summed E-state index contributed by atoms with van der Waals surface area (Å²) in [5.41, 5.74) is 5.70. The van der Waals surface area contributed by atoms with Crippen molar-refractivity contribution in [2.45, 2.75) is 303 Å². The van der Waals surface area contributed by atoms with E-state index in [1.165, 1.54) is 204 Å². The molecule has 0 spiro atoms. The van der Waals surface area contributed by atoms with E-state index in [1.54, 1.807) is 0 Å². The van der Waals surface area contributed by atoms with E-state index in [1.807, 2.05) is 0 Å². The van der Waals surface area contributed by atoms with Gasteiger partial charge in [0.05, 0.1) is 0 Å². The Hall–Kier alpha value is -1.77. The molecule has 63 heavy (non-hydrogen) atoms. The molecule has 0 fully saturated rings. The highest BCUT2D eigenvalue weighted by Crippen LogP contribution is 2.17. The number of carbonyl (C=O) groups is 4. The lowest BCUT2D eigenvalue weighted by Crippen LogP contribution is -2.46. The fourth-order valence-corrected chi connectivity index (χ4v) is 9.32. The van der Waals surface area contributed by atoms with Gasteiger partial charge < -0.3 is 20.5 Å². The summed E-state index contributed by atoms with van der Waals surface area (Å²) in [6.45, 7) is 6.77. The van der Waals surface area contributed by atoms with Gasteiger partial charge in [-0.2, -0.15) is 11.8 Å². The number of amides is 2. The van der Waals surface area contributed by atoms with E-state index in [0.717, 1.165) is 57.8 Å². The van der Waals surface area contributed by atoms with E-state index >= 15 is 0 Å². The molecule has 2 amide bonds. The molecular weight excluding hydrogens is 805 g/mol. The molecule has 2 atom stereocenters. The number of nitrogens with one attached hydrogen (secondary N) is 1. The molecule has 0 rings (SSSR count). The maximum Gasteiger partial charge on any atom is 0.306 e. The second-order valence-corrected chi connectivity index (χ2v) is 19.9. The average Bonchev–Trinajstić information content (AvgIpc) is 3.27. The van der Waals surface area contributed by atoms with Gasteiger partial charge in [-0.3, -0.25) is 19.2 Å². The molecule has 9 heteroatoms. The predicted octanol–water partition coefficient (Wildman–Crippen LogP) is 15.6. The number of hydrogen-bond donors (Lipinski definition) is 2. The van der Waals surface area contributed by atoms with E-state index in [-0.39, 0.29) is 30.2 Å². The maximum atomic E-state index is 12.9. The van der Waals surface area contributed by atoms with Crippen molar-refractivity contribution in [1.82, 2.24) is 5.32 Å². The monoisotopic (exact) mass is 909 g/mol. The number of hydrogen-bond acceptors (Lipinski definition) is 7. The summed E-state index contributed by atoms with van der Waals surface area (Å²) in [5, 5.41) is 2.82. The van der Waals surface area contributed by atoms with Gasteiger partial charge in [0, 0.05) is 30.8 Å². The number of unbranched alkanes of at least 4 members (excludes halogenated alkanes) is 36. The molecule has 0 aliphatic carbocycles. The standard InChI is InChI=1S/C54H104N2O6S/c1-4-7-10-13-16-19-22-25-28-31-34-37-40-43-51(57)56-50(54(55)60)48-63-47-49(62-53(59)45-42-39-36-33-30-27-24-21-18-15-12-9-6-3)46-61-52(58)44-41-38-35-32-29-26-23-20-17-14-11-8-5-2/h49-50H,4-48H2,1-3H3,(H2,55,60)(H,56,57)/t49-,50-/m1/s1. The van der Waals surface area contributed by atoms with Crippen LogP contribution in [0.15, 0.2) is 0 Å². The first kappa shape index (κ1) is 61.2. The first-order valence-corrected chi connectivity index (χ1v) is 28.5.